The first-order valence-electron chi connectivity index (χ1n) is 3.41. The zero-order valence-corrected chi connectivity index (χ0v) is 11.8. The molecule has 3 N–H and O–H groups in total. The minimum Gasteiger partial charge on any atom is -0.545 e. The number of carboxylic acid groups (broad SMARTS) is 1. The van der Waals surface area contributed by atoms with Gasteiger partial charge in [-0.1, -0.05) is 12.1 Å². The summed E-state index contributed by atoms with van der Waals surface area (Å²) in [5, 5.41) is 19.0. The summed E-state index contributed by atoms with van der Waals surface area (Å²) in [6.45, 7) is 0. The molecule has 84 valence electrons. The van der Waals surface area contributed by atoms with Crippen LogP contribution in [0.3, 0.4) is 0 Å². The number of hydrogen-bond donors (Lipinski definition) is 3. The van der Waals surface area contributed by atoms with Crippen LogP contribution in [0.4, 0.5) is 0 Å². The first-order valence-corrected chi connectivity index (χ1v) is 5.80. The maximum absolute atomic E-state index is 10.2. The van der Waals surface area contributed by atoms with Gasteiger partial charge in [-0.2, -0.15) is 4.21 Å². The van der Waals surface area contributed by atoms with Crippen LogP contribution in [0.5, 0.6) is 5.75 Å². The molecule has 0 aliphatic rings. The Kier molecular flexibility index (Phi) is 9.03. The number of hydrogen-bond acceptors (Lipinski definition) is 5. The van der Waals surface area contributed by atoms with Crippen molar-refractivity contribution in [3.05, 3.63) is 29.8 Å². The number of aromatic carboxylic acids is 1. The minimum absolute atomic E-state index is 0. The molecule has 0 amide bonds. The minimum atomic E-state index is -3.83. The van der Waals surface area contributed by atoms with Crippen LogP contribution in [0.2, 0.25) is 0 Å². The molecule has 16 heavy (non-hydrogen) atoms. The van der Waals surface area contributed by atoms with Gasteiger partial charge in [0.1, 0.15) is 5.75 Å². The van der Waals surface area contributed by atoms with Crippen LogP contribution < -0.4 is 34.7 Å². The topological polar surface area (TPSA) is 118 Å². The molecule has 9 heteroatoms. The summed E-state index contributed by atoms with van der Waals surface area (Å²) in [6, 6.07) is 5.64. The summed E-state index contributed by atoms with van der Waals surface area (Å²) in [5.74, 6) is -1.62. The Morgan fingerprint density at radius 1 is 1.31 bits per heavy atom. The number of benzene rings is 1. The van der Waals surface area contributed by atoms with Gasteiger partial charge in [0.25, 0.3) is 9.05 Å². The van der Waals surface area contributed by atoms with Gasteiger partial charge < -0.3 is 15.0 Å². The summed E-state index contributed by atoms with van der Waals surface area (Å²) in [4.78, 5) is 10.2. The Morgan fingerprint density at radius 2 is 1.69 bits per heavy atom. The van der Waals surface area contributed by atoms with E-state index in [1.807, 2.05) is 0 Å². The molecular formula is C7H7NaO6S2. The summed E-state index contributed by atoms with van der Waals surface area (Å²) < 4.78 is 24.0. The SMILES string of the molecule is O=C([O-])c1ccccc1O.O=S(O)(O)=S.[Na+]. The molecular weight excluding hydrogens is 267 g/mol. The Balaban J connectivity index is 0. The van der Waals surface area contributed by atoms with Crippen molar-refractivity contribution in [3.8, 4) is 5.75 Å². The number of rotatable bonds is 1. The number of carboxylic acids is 1. The third-order valence-corrected chi connectivity index (χ3v) is 1.12. The zero-order chi connectivity index (χ0) is 12.1. The fourth-order valence-electron chi connectivity index (χ4n) is 0.646. The Labute approximate surface area is 119 Å². The first-order chi connectivity index (χ1) is 6.72. The zero-order valence-electron chi connectivity index (χ0n) is 8.19. The van der Waals surface area contributed by atoms with Gasteiger partial charge in [-0.3, -0.25) is 9.11 Å². The number of para-hydroxylation sites is 1. The third-order valence-electron chi connectivity index (χ3n) is 1.12. The molecule has 0 saturated carbocycles. The molecule has 0 spiro atoms. The molecule has 1 rings (SSSR count). The average molecular weight is 274 g/mol. The van der Waals surface area contributed by atoms with Crippen molar-refractivity contribution in [2.75, 3.05) is 0 Å². The second-order valence-corrected chi connectivity index (χ2v) is 4.45. The van der Waals surface area contributed by atoms with E-state index in [4.69, 9.17) is 18.4 Å². The summed E-state index contributed by atoms with van der Waals surface area (Å²) in [7, 11) is -3.83. The molecule has 6 nitrogen and oxygen atoms in total. The van der Waals surface area contributed by atoms with Crippen molar-refractivity contribution in [1.29, 1.82) is 0 Å². The molecule has 1 aromatic carbocycles. The molecule has 0 aliphatic heterocycles. The van der Waals surface area contributed by atoms with Gasteiger partial charge in [-0.15, -0.1) is 0 Å². The van der Waals surface area contributed by atoms with E-state index >= 15 is 0 Å². The second kappa shape index (κ2) is 7.96. The van der Waals surface area contributed by atoms with Gasteiger partial charge in [0.2, 0.25) is 0 Å². The predicted octanol–water partition coefficient (Wildman–Crippen LogP) is -3.56. The van der Waals surface area contributed by atoms with Crippen LogP contribution in [0.1, 0.15) is 10.4 Å². The molecule has 0 radical (unpaired) electrons. The molecule has 1 aromatic rings. The van der Waals surface area contributed by atoms with Gasteiger partial charge in [0.05, 0.1) is 5.97 Å². The normalized spacial score (nSPS) is 9.38. The maximum atomic E-state index is 10.2. The fourth-order valence-corrected chi connectivity index (χ4v) is 0.646. The Morgan fingerprint density at radius 3 is 1.94 bits per heavy atom. The van der Waals surface area contributed by atoms with Crippen molar-refractivity contribution in [1.82, 2.24) is 0 Å². The fraction of sp³-hybridized carbons (Fsp3) is 0. The van der Waals surface area contributed by atoms with Gasteiger partial charge in [0.15, 0.2) is 0 Å². The van der Waals surface area contributed by atoms with Crippen molar-refractivity contribution < 1.29 is 57.9 Å². The third kappa shape index (κ3) is 10.3. The van der Waals surface area contributed by atoms with Crippen molar-refractivity contribution in [2.45, 2.75) is 0 Å². The van der Waals surface area contributed by atoms with E-state index in [1.165, 1.54) is 18.2 Å². The monoisotopic (exact) mass is 274 g/mol. The van der Waals surface area contributed by atoms with Gasteiger partial charge in [-0.05, 0) is 12.1 Å². The molecule has 0 bridgehead atoms. The van der Waals surface area contributed by atoms with Crippen LogP contribution in [-0.2, 0) is 20.2 Å². The number of aromatic hydroxyl groups is 1. The molecule has 0 saturated heterocycles. The van der Waals surface area contributed by atoms with Gasteiger partial charge in [0, 0.05) is 16.8 Å². The van der Waals surface area contributed by atoms with Crippen LogP contribution in [0.25, 0.3) is 0 Å². The molecule has 0 fully saturated rings. The molecule has 0 heterocycles. The van der Waals surface area contributed by atoms with Crippen LogP contribution in [0, 0.1) is 0 Å². The first kappa shape index (κ1) is 18.2. The van der Waals surface area contributed by atoms with Crippen molar-refractivity contribution in [2.24, 2.45) is 0 Å². The van der Waals surface area contributed by atoms with Crippen LogP contribution in [0.15, 0.2) is 24.3 Å². The van der Waals surface area contributed by atoms with Gasteiger partial charge >= 0.3 is 29.6 Å². The summed E-state index contributed by atoms with van der Waals surface area (Å²) in [6.07, 6.45) is 0. The van der Waals surface area contributed by atoms with Crippen molar-refractivity contribution in [3.63, 3.8) is 0 Å². The second-order valence-electron chi connectivity index (χ2n) is 2.25. The number of carbonyl (C=O) groups excluding carboxylic acids is 1. The predicted molar refractivity (Wildman–Crippen MR) is 53.2 cm³/mol. The van der Waals surface area contributed by atoms with Crippen molar-refractivity contribution >= 4 is 26.2 Å². The molecule has 0 aromatic heterocycles. The van der Waals surface area contributed by atoms with Crippen LogP contribution in [-0.4, -0.2) is 24.4 Å². The van der Waals surface area contributed by atoms with E-state index in [-0.39, 0.29) is 40.9 Å². The van der Waals surface area contributed by atoms with E-state index in [2.05, 4.69) is 11.2 Å². The number of phenols is 1. The standard InChI is InChI=1S/C7H6O3.Na.H2O3S2/c8-6-4-2-1-3-5(6)7(9)10;;1-5(2,3)4/h1-4,8H,(H,9,10);;(H2,1,2,3,4)/q;+1;/p-1. The smallest absolute Gasteiger partial charge is 0.545 e. The van der Waals surface area contributed by atoms with Crippen LogP contribution >= 0.6 is 0 Å². The van der Waals surface area contributed by atoms with Gasteiger partial charge in [-0.25, -0.2) is 0 Å². The summed E-state index contributed by atoms with van der Waals surface area (Å²) in [5.41, 5.74) is -0.178. The quantitative estimate of drug-likeness (QED) is 0.453. The molecule has 0 aliphatic carbocycles. The van der Waals surface area contributed by atoms with E-state index in [0.717, 1.165) is 0 Å². The molecule has 0 unspecified atom stereocenters. The maximum Gasteiger partial charge on any atom is 1.00 e. The summed E-state index contributed by atoms with van der Waals surface area (Å²) >= 11 is 3.47. The largest absolute Gasteiger partial charge is 1.00 e. The Bertz CT molecular complexity index is 436. The van der Waals surface area contributed by atoms with E-state index < -0.39 is 15.0 Å². The number of carbonyl (C=O) groups is 1. The van der Waals surface area contributed by atoms with E-state index in [9.17, 15) is 9.90 Å². The van der Waals surface area contributed by atoms with E-state index in [0.29, 0.717) is 0 Å². The Hall–Kier alpha value is -0.220. The average Bonchev–Trinajstić information content (AvgIpc) is 2.01. The molecule has 0 atom stereocenters. The van der Waals surface area contributed by atoms with E-state index in [1.54, 1.807) is 6.07 Å².